The molecule has 0 saturated carbocycles. The molecule has 19 heavy (non-hydrogen) atoms. The van der Waals surface area contributed by atoms with E-state index in [1.807, 2.05) is 49.0 Å². The third-order valence-electron chi connectivity index (χ3n) is 3.21. The molecule has 0 fully saturated rings. The zero-order valence-corrected chi connectivity index (χ0v) is 11.6. The standard InChI is InChI=1S/C15H20N2O2/c1-10(8-11(2)18)16-15(19)13-9-17(3)14-7-5-4-6-12(13)14/h4-7,9-11,18H,8H2,1-3H3,(H,16,19). The van der Waals surface area contributed by atoms with Gasteiger partial charge in [0.2, 0.25) is 0 Å². The zero-order chi connectivity index (χ0) is 14.0. The summed E-state index contributed by atoms with van der Waals surface area (Å²) in [6.07, 6.45) is 1.98. The molecule has 2 rings (SSSR count). The van der Waals surface area contributed by atoms with E-state index in [2.05, 4.69) is 5.32 Å². The Balaban J connectivity index is 2.22. The molecule has 0 bridgehead atoms. The van der Waals surface area contributed by atoms with Crippen LogP contribution in [-0.4, -0.2) is 27.7 Å². The summed E-state index contributed by atoms with van der Waals surface area (Å²) in [7, 11) is 1.93. The number of benzene rings is 1. The number of carbonyl (C=O) groups is 1. The molecule has 1 aromatic carbocycles. The highest BCUT2D eigenvalue weighted by Gasteiger charge is 2.16. The molecular weight excluding hydrogens is 240 g/mol. The molecule has 2 N–H and O–H groups in total. The predicted molar refractivity (Wildman–Crippen MR) is 76.1 cm³/mol. The monoisotopic (exact) mass is 260 g/mol. The fourth-order valence-corrected chi connectivity index (χ4v) is 2.39. The highest BCUT2D eigenvalue weighted by atomic mass is 16.3. The van der Waals surface area contributed by atoms with Crippen molar-refractivity contribution >= 4 is 16.8 Å². The number of rotatable bonds is 4. The minimum absolute atomic E-state index is 0.0496. The van der Waals surface area contributed by atoms with E-state index < -0.39 is 6.10 Å². The molecule has 0 spiro atoms. The van der Waals surface area contributed by atoms with E-state index in [0.717, 1.165) is 10.9 Å². The van der Waals surface area contributed by atoms with Gasteiger partial charge in [-0.2, -0.15) is 0 Å². The van der Waals surface area contributed by atoms with Crippen molar-refractivity contribution in [2.75, 3.05) is 0 Å². The number of aryl methyl sites for hydroxylation is 1. The van der Waals surface area contributed by atoms with Crippen LogP contribution in [0.3, 0.4) is 0 Å². The molecule has 0 aliphatic carbocycles. The Hall–Kier alpha value is -1.81. The van der Waals surface area contributed by atoms with Crippen LogP contribution >= 0.6 is 0 Å². The Morgan fingerprint density at radius 1 is 1.37 bits per heavy atom. The summed E-state index contributed by atoms with van der Waals surface area (Å²) in [5.74, 6) is -0.0926. The van der Waals surface area contributed by atoms with Gasteiger partial charge in [0.15, 0.2) is 0 Å². The van der Waals surface area contributed by atoms with Crippen molar-refractivity contribution < 1.29 is 9.90 Å². The lowest BCUT2D eigenvalue weighted by Crippen LogP contribution is -2.34. The first-order valence-corrected chi connectivity index (χ1v) is 6.52. The summed E-state index contributed by atoms with van der Waals surface area (Å²) in [5, 5.41) is 13.2. The largest absolute Gasteiger partial charge is 0.393 e. The lowest BCUT2D eigenvalue weighted by atomic mass is 10.1. The van der Waals surface area contributed by atoms with Crippen molar-refractivity contribution in [3.8, 4) is 0 Å². The number of para-hydroxylation sites is 1. The van der Waals surface area contributed by atoms with E-state index >= 15 is 0 Å². The third-order valence-corrected chi connectivity index (χ3v) is 3.21. The van der Waals surface area contributed by atoms with Crippen molar-refractivity contribution in [2.24, 2.45) is 7.05 Å². The minimum atomic E-state index is -0.414. The molecular formula is C15H20N2O2. The van der Waals surface area contributed by atoms with Gasteiger partial charge in [0.25, 0.3) is 5.91 Å². The number of nitrogens with zero attached hydrogens (tertiary/aromatic N) is 1. The van der Waals surface area contributed by atoms with Crippen LogP contribution in [0.4, 0.5) is 0 Å². The Morgan fingerprint density at radius 3 is 2.74 bits per heavy atom. The van der Waals surface area contributed by atoms with Gasteiger partial charge in [0.05, 0.1) is 11.7 Å². The third kappa shape index (κ3) is 2.96. The smallest absolute Gasteiger partial charge is 0.253 e. The first-order valence-electron chi connectivity index (χ1n) is 6.52. The minimum Gasteiger partial charge on any atom is -0.393 e. The Labute approximate surface area is 113 Å². The maximum absolute atomic E-state index is 12.3. The van der Waals surface area contributed by atoms with Crippen molar-refractivity contribution in [1.29, 1.82) is 0 Å². The van der Waals surface area contributed by atoms with Crippen molar-refractivity contribution in [3.05, 3.63) is 36.0 Å². The Kier molecular flexibility index (Phi) is 3.90. The summed E-state index contributed by atoms with van der Waals surface area (Å²) in [6.45, 7) is 3.62. The normalized spacial score (nSPS) is 14.3. The first-order chi connectivity index (χ1) is 8.99. The average molecular weight is 260 g/mol. The number of aromatic nitrogens is 1. The first kappa shape index (κ1) is 13.6. The maximum atomic E-state index is 12.3. The molecule has 2 aromatic rings. The van der Waals surface area contributed by atoms with Crippen LogP contribution in [0.25, 0.3) is 10.9 Å². The molecule has 2 unspecified atom stereocenters. The fraction of sp³-hybridized carbons (Fsp3) is 0.400. The van der Waals surface area contributed by atoms with Gasteiger partial charge in [-0.25, -0.2) is 0 Å². The maximum Gasteiger partial charge on any atom is 0.253 e. The van der Waals surface area contributed by atoms with E-state index in [9.17, 15) is 9.90 Å². The number of amides is 1. The molecule has 0 aliphatic heterocycles. The number of nitrogens with one attached hydrogen (secondary N) is 1. The van der Waals surface area contributed by atoms with Crippen molar-refractivity contribution in [2.45, 2.75) is 32.4 Å². The van der Waals surface area contributed by atoms with E-state index in [0.29, 0.717) is 12.0 Å². The summed E-state index contributed by atoms with van der Waals surface area (Å²) in [5.41, 5.74) is 1.71. The van der Waals surface area contributed by atoms with Crippen LogP contribution in [0.2, 0.25) is 0 Å². The van der Waals surface area contributed by atoms with Gasteiger partial charge < -0.3 is 15.0 Å². The quantitative estimate of drug-likeness (QED) is 0.884. The summed E-state index contributed by atoms with van der Waals surface area (Å²) in [6, 6.07) is 7.78. The number of hydrogen-bond acceptors (Lipinski definition) is 2. The van der Waals surface area contributed by atoms with Crippen LogP contribution in [0.5, 0.6) is 0 Å². The van der Waals surface area contributed by atoms with Crippen LogP contribution < -0.4 is 5.32 Å². The van der Waals surface area contributed by atoms with Crippen molar-refractivity contribution in [3.63, 3.8) is 0 Å². The number of aliphatic hydroxyl groups excluding tert-OH is 1. The highest BCUT2D eigenvalue weighted by Crippen LogP contribution is 2.20. The van der Waals surface area contributed by atoms with Gasteiger partial charge in [-0.05, 0) is 26.3 Å². The van der Waals surface area contributed by atoms with Gasteiger partial charge >= 0.3 is 0 Å². The molecule has 0 aliphatic rings. The van der Waals surface area contributed by atoms with Crippen LogP contribution in [-0.2, 0) is 7.05 Å². The van der Waals surface area contributed by atoms with E-state index in [1.165, 1.54) is 0 Å². The number of fused-ring (bicyclic) bond motifs is 1. The van der Waals surface area contributed by atoms with Gasteiger partial charge in [-0.1, -0.05) is 18.2 Å². The Morgan fingerprint density at radius 2 is 2.05 bits per heavy atom. The molecule has 4 heteroatoms. The van der Waals surface area contributed by atoms with Crippen LogP contribution in [0.15, 0.2) is 30.5 Å². The van der Waals surface area contributed by atoms with Crippen LogP contribution in [0.1, 0.15) is 30.6 Å². The number of carbonyl (C=O) groups excluding carboxylic acids is 1. The lowest BCUT2D eigenvalue weighted by molar-refractivity contribution is 0.0924. The average Bonchev–Trinajstić information content (AvgIpc) is 2.66. The van der Waals surface area contributed by atoms with Gasteiger partial charge in [-0.3, -0.25) is 4.79 Å². The fourth-order valence-electron chi connectivity index (χ4n) is 2.39. The topological polar surface area (TPSA) is 54.3 Å². The summed E-state index contributed by atoms with van der Waals surface area (Å²) >= 11 is 0. The number of aliphatic hydroxyl groups is 1. The molecule has 102 valence electrons. The summed E-state index contributed by atoms with van der Waals surface area (Å²) in [4.78, 5) is 12.3. The molecule has 0 saturated heterocycles. The van der Waals surface area contributed by atoms with Crippen molar-refractivity contribution in [1.82, 2.24) is 9.88 Å². The second-order valence-corrected chi connectivity index (χ2v) is 5.13. The molecule has 0 radical (unpaired) electrons. The lowest BCUT2D eigenvalue weighted by Gasteiger charge is -2.15. The Bertz CT molecular complexity index is 587. The zero-order valence-electron chi connectivity index (χ0n) is 11.6. The van der Waals surface area contributed by atoms with Gasteiger partial charge in [0, 0.05) is 30.2 Å². The van der Waals surface area contributed by atoms with E-state index in [4.69, 9.17) is 0 Å². The van der Waals surface area contributed by atoms with E-state index in [-0.39, 0.29) is 11.9 Å². The second-order valence-electron chi connectivity index (χ2n) is 5.13. The predicted octanol–water partition coefficient (Wildman–Crippen LogP) is 2.07. The van der Waals surface area contributed by atoms with E-state index in [1.54, 1.807) is 6.92 Å². The number of hydrogen-bond donors (Lipinski definition) is 2. The summed E-state index contributed by atoms with van der Waals surface area (Å²) < 4.78 is 1.95. The molecule has 2 atom stereocenters. The van der Waals surface area contributed by atoms with Gasteiger partial charge in [-0.15, -0.1) is 0 Å². The van der Waals surface area contributed by atoms with Gasteiger partial charge in [0.1, 0.15) is 0 Å². The molecule has 4 nitrogen and oxygen atoms in total. The molecule has 1 aromatic heterocycles. The highest BCUT2D eigenvalue weighted by molar-refractivity contribution is 6.07. The SMILES string of the molecule is CC(O)CC(C)NC(=O)c1cn(C)c2ccccc12. The molecule has 1 amide bonds. The second kappa shape index (κ2) is 5.45. The molecule has 1 heterocycles. The van der Waals surface area contributed by atoms with Crippen LogP contribution in [0, 0.1) is 0 Å².